The number of hydrogen-bond donors (Lipinski definition) is 0. The molecular weight excluding hydrogens is 400 g/mol. The number of benzene rings is 1. The normalized spacial score (nSPS) is 14.0. The number of rotatable bonds is 10. The topological polar surface area (TPSA) is 139 Å². The summed E-state index contributed by atoms with van der Waals surface area (Å²) in [5, 5.41) is 0. The summed E-state index contributed by atoms with van der Waals surface area (Å²) in [7, 11) is -11.5. The molecule has 25 heavy (non-hydrogen) atoms. The molecule has 1 rings (SSSR count). The van der Waals surface area contributed by atoms with Gasteiger partial charge < -0.3 is 8.92 Å². The van der Waals surface area contributed by atoms with Crippen LogP contribution in [0.2, 0.25) is 0 Å². The summed E-state index contributed by atoms with van der Waals surface area (Å²) in [6.07, 6.45) is 1.14. The van der Waals surface area contributed by atoms with Crippen molar-refractivity contribution in [1.29, 1.82) is 0 Å². The maximum absolute atomic E-state index is 11.2. The first kappa shape index (κ1) is 21.6. The highest BCUT2D eigenvalue weighted by Crippen LogP contribution is 2.27. The third kappa shape index (κ3) is 10.2. The molecule has 0 fully saturated rings. The molecule has 0 saturated heterocycles. The molecule has 13 heteroatoms. The molecule has 1 aromatic carbocycles. The Balaban J connectivity index is 2.88. The van der Waals surface area contributed by atoms with Gasteiger partial charge in [-0.05, 0) is 12.1 Å². The lowest BCUT2D eigenvalue weighted by Gasteiger charge is -2.17. The average molecular weight is 418 g/mol. The molecule has 0 unspecified atom stereocenters. The SMILES string of the molecule is CS(=O)(=O)OC[C@@H](COc1ccccc1OS(C)(=O)=O)OS(C)(=O)=O. The minimum Gasteiger partial charge on any atom is -0.487 e. The molecule has 0 radical (unpaired) electrons. The van der Waals surface area contributed by atoms with Crippen LogP contribution >= 0.6 is 0 Å². The molecule has 0 amide bonds. The highest BCUT2D eigenvalue weighted by atomic mass is 32.2. The summed E-state index contributed by atoms with van der Waals surface area (Å²) in [4.78, 5) is 0. The van der Waals surface area contributed by atoms with Crippen molar-refractivity contribution in [3.05, 3.63) is 24.3 Å². The molecule has 0 aromatic heterocycles. The summed E-state index contributed by atoms with van der Waals surface area (Å²) in [6, 6.07) is 5.75. The number of para-hydroxylation sites is 2. The smallest absolute Gasteiger partial charge is 0.306 e. The van der Waals surface area contributed by atoms with Gasteiger partial charge in [0.1, 0.15) is 12.7 Å². The number of ether oxygens (including phenoxy) is 1. The Bertz CT molecular complexity index is 887. The van der Waals surface area contributed by atoms with Crippen LogP contribution in [0.15, 0.2) is 24.3 Å². The van der Waals surface area contributed by atoms with Crippen molar-refractivity contribution in [2.75, 3.05) is 32.0 Å². The summed E-state index contributed by atoms with van der Waals surface area (Å²) in [5.74, 6) is -0.124. The van der Waals surface area contributed by atoms with Crippen molar-refractivity contribution in [1.82, 2.24) is 0 Å². The fourth-order valence-electron chi connectivity index (χ4n) is 1.53. The second-order valence-corrected chi connectivity index (χ2v) is 9.78. The van der Waals surface area contributed by atoms with Crippen LogP contribution in [0, 0.1) is 0 Å². The number of hydrogen-bond acceptors (Lipinski definition) is 10. The second-order valence-electron chi connectivity index (χ2n) is 4.96. The summed E-state index contributed by atoms with van der Waals surface area (Å²) < 4.78 is 86.3. The summed E-state index contributed by atoms with van der Waals surface area (Å²) >= 11 is 0. The van der Waals surface area contributed by atoms with Crippen molar-refractivity contribution >= 4 is 30.4 Å². The molecule has 1 aromatic rings. The molecule has 0 aliphatic carbocycles. The predicted molar refractivity (Wildman–Crippen MR) is 87.9 cm³/mol. The van der Waals surface area contributed by atoms with Crippen LogP contribution in [-0.4, -0.2) is 63.3 Å². The third-order valence-corrected chi connectivity index (χ3v) is 3.96. The van der Waals surface area contributed by atoms with E-state index in [9.17, 15) is 25.3 Å². The van der Waals surface area contributed by atoms with Crippen molar-refractivity contribution < 1.29 is 42.5 Å². The summed E-state index contributed by atoms with van der Waals surface area (Å²) in [5.41, 5.74) is 0. The Hall–Kier alpha value is -1.41. The van der Waals surface area contributed by atoms with Gasteiger partial charge in [-0.2, -0.15) is 25.3 Å². The van der Waals surface area contributed by atoms with E-state index in [1.807, 2.05) is 0 Å². The Labute approximate surface area is 147 Å². The molecule has 0 aliphatic heterocycles. The van der Waals surface area contributed by atoms with Crippen molar-refractivity contribution in [3.63, 3.8) is 0 Å². The molecule has 144 valence electrons. The lowest BCUT2D eigenvalue weighted by atomic mass is 10.3. The summed E-state index contributed by atoms with van der Waals surface area (Å²) in [6.45, 7) is -1.05. The van der Waals surface area contributed by atoms with Gasteiger partial charge in [-0.15, -0.1) is 0 Å². The van der Waals surface area contributed by atoms with E-state index in [0.717, 1.165) is 18.8 Å². The maximum Gasteiger partial charge on any atom is 0.306 e. The predicted octanol–water partition coefficient (Wildman–Crippen LogP) is -0.275. The monoisotopic (exact) mass is 418 g/mol. The Morgan fingerprint density at radius 1 is 0.800 bits per heavy atom. The van der Waals surface area contributed by atoms with Gasteiger partial charge in [-0.1, -0.05) is 12.1 Å². The van der Waals surface area contributed by atoms with E-state index in [0.29, 0.717) is 0 Å². The third-order valence-electron chi connectivity index (χ3n) is 2.29. The Morgan fingerprint density at radius 2 is 1.36 bits per heavy atom. The zero-order chi connectivity index (χ0) is 19.3. The molecule has 0 spiro atoms. The van der Waals surface area contributed by atoms with Crippen LogP contribution in [0.5, 0.6) is 11.5 Å². The fourth-order valence-corrected chi connectivity index (χ4v) is 3.00. The first-order valence-corrected chi connectivity index (χ1v) is 12.0. The van der Waals surface area contributed by atoms with Gasteiger partial charge in [0.2, 0.25) is 0 Å². The van der Waals surface area contributed by atoms with Crippen molar-refractivity contribution in [2.45, 2.75) is 6.10 Å². The molecule has 0 aliphatic rings. The van der Waals surface area contributed by atoms with Crippen LogP contribution in [0.25, 0.3) is 0 Å². The Morgan fingerprint density at radius 3 is 1.84 bits per heavy atom. The van der Waals surface area contributed by atoms with E-state index in [1.165, 1.54) is 24.3 Å². The van der Waals surface area contributed by atoms with Crippen LogP contribution < -0.4 is 8.92 Å². The fraction of sp³-hybridized carbons (Fsp3) is 0.500. The first-order chi connectivity index (χ1) is 11.3. The molecule has 10 nitrogen and oxygen atoms in total. The highest BCUT2D eigenvalue weighted by molar-refractivity contribution is 7.86. The van der Waals surface area contributed by atoms with Crippen molar-refractivity contribution in [3.8, 4) is 11.5 Å². The standard InChI is InChI=1S/C12H18O10S3/c1-23(13,14)20-9-10(21-24(2,15)16)8-19-11-6-4-5-7-12(11)22-25(3,17)18/h4-7,10H,8-9H2,1-3H3/t10-/m1/s1. The van der Waals surface area contributed by atoms with Crippen LogP contribution in [-0.2, 0) is 38.7 Å². The molecule has 0 N–H and O–H groups in total. The lowest BCUT2D eigenvalue weighted by molar-refractivity contribution is 0.0890. The van der Waals surface area contributed by atoms with Gasteiger partial charge in [0, 0.05) is 0 Å². The maximum atomic E-state index is 11.2. The lowest BCUT2D eigenvalue weighted by Crippen LogP contribution is -2.30. The largest absolute Gasteiger partial charge is 0.487 e. The van der Waals surface area contributed by atoms with E-state index in [2.05, 4.69) is 4.18 Å². The van der Waals surface area contributed by atoms with E-state index in [4.69, 9.17) is 13.1 Å². The first-order valence-electron chi connectivity index (χ1n) is 6.59. The van der Waals surface area contributed by atoms with E-state index < -0.39 is 49.7 Å². The quantitative estimate of drug-likeness (QED) is 0.466. The molecular formula is C12H18O10S3. The molecule has 0 saturated carbocycles. The molecule has 0 bridgehead atoms. The van der Waals surface area contributed by atoms with Gasteiger partial charge >= 0.3 is 10.1 Å². The van der Waals surface area contributed by atoms with Crippen molar-refractivity contribution in [2.24, 2.45) is 0 Å². The van der Waals surface area contributed by atoms with Gasteiger partial charge in [0.25, 0.3) is 20.2 Å². The van der Waals surface area contributed by atoms with Gasteiger partial charge in [0.05, 0.1) is 25.4 Å². The molecule has 0 heterocycles. The van der Waals surface area contributed by atoms with E-state index in [1.54, 1.807) is 0 Å². The Kier molecular flexibility index (Phi) is 7.19. The van der Waals surface area contributed by atoms with Gasteiger partial charge in [0.15, 0.2) is 11.5 Å². The average Bonchev–Trinajstić information content (AvgIpc) is 2.39. The zero-order valence-electron chi connectivity index (χ0n) is 13.6. The van der Waals surface area contributed by atoms with Gasteiger partial charge in [-0.3, -0.25) is 8.37 Å². The zero-order valence-corrected chi connectivity index (χ0v) is 16.1. The van der Waals surface area contributed by atoms with Crippen LogP contribution in [0.4, 0.5) is 0 Å². The van der Waals surface area contributed by atoms with Crippen LogP contribution in [0.3, 0.4) is 0 Å². The van der Waals surface area contributed by atoms with Crippen LogP contribution in [0.1, 0.15) is 0 Å². The molecule has 1 atom stereocenters. The highest BCUT2D eigenvalue weighted by Gasteiger charge is 2.20. The minimum absolute atomic E-state index is 0.00520. The van der Waals surface area contributed by atoms with E-state index >= 15 is 0 Å². The van der Waals surface area contributed by atoms with Gasteiger partial charge in [-0.25, -0.2) is 0 Å². The minimum atomic E-state index is -3.92. The van der Waals surface area contributed by atoms with E-state index in [-0.39, 0.29) is 11.5 Å². The second kappa shape index (κ2) is 8.31.